The lowest BCUT2D eigenvalue weighted by Gasteiger charge is -2.51. The molecule has 9 rings (SSSR count). The number of pyridine rings is 1. The second-order valence-corrected chi connectivity index (χ2v) is 16.7. The van der Waals surface area contributed by atoms with E-state index in [9.17, 15) is 27.9 Å². The monoisotopic (exact) mass is 889 g/mol. The first kappa shape index (κ1) is 40.6. The maximum absolute atomic E-state index is 15.7. The van der Waals surface area contributed by atoms with Crippen LogP contribution in [0.2, 0.25) is 15.1 Å². The standard InChI is InChI=1S/C44H33Cl3F3N5O6/c1-53(38-31(46)15-18-35(51-38)44(48,49)50)55-39(57)28-13-12-27-29(36(28)41(55)59)20-30-40(58)54(52-33-16-9-22(45)19-32(33)47)42(60)43(30,21-7-10-23(61-2)11-8-21)37(27)26-14-17-34(56)25-6-4-3-5-24(25)26/h3-12,14-19,28-30,36-37,52,56H,13,20H2,1-2H3/t28-,29+,30-,36-,37-,43+/m0/s1. The Morgan fingerprint density at radius 3 is 2.28 bits per heavy atom. The van der Waals surface area contributed by atoms with Crippen molar-refractivity contribution in [2.75, 3.05) is 24.6 Å². The molecule has 3 fully saturated rings. The number of phenolic OH excluding ortho intramolecular Hbond substituents is 1. The Labute approximate surface area is 361 Å². The van der Waals surface area contributed by atoms with Crippen molar-refractivity contribution in [3.8, 4) is 11.5 Å². The average molecular weight is 891 g/mol. The normalized spacial score (nSPS) is 24.7. The molecule has 1 saturated carbocycles. The Morgan fingerprint density at radius 1 is 0.869 bits per heavy atom. The number of hydrazine groups is 2. The van der Waals surface area contributed by atoms with Crippen molar-refractivity contribution in [2.45, 2.75) is 30.4 Å². The zero-order valence-corrected chi connectivity index (χ0v) is 34.4. The fourth-order valence-electron chi connectivity index (χ4n) is 9.94. The van der Waals surface area contributed by atoms with Gasteiger partial charge in [0.2, 0.25) is 0 Å². The van der Waals surface area contributed by atoms with Crippen LogP contribution in [-0.4, -0.2) is 57.9 Å². The van der Waals surface area contributed by atoms with Crippen LogP contribution in [0.25, 0.3) is 10.8 Å². The summed E-state index contributed by atoms with van der Waals surface area (Å²) in [5, 5.41) is 15.0. The molecular formula is C44H33Cl3F3N5O6. The molecular weight excluding hydrogens is 858 g/mol. The molecule has 0 radical (unpaired) electrons. The van der Waals surface area contributed by atoms with Gasteiger partial charge in [-0.2, -0.15) is 23.2 Å². The van der Waals surface area contributed by atoms with Gasteiger partial charge in [0.05, 0.1) is 46.0 Å². The van der Waals surface area contributed by atoms with Gasteiger partial charge in [-0.1, -0.05) is 88.9 Å². The number of amides is 4. The van der Waals surface area contributed by atoms with Crippen LogP contribution in [0.1, 0.15) is 35.6 Å². The predicted molar refractivity (Wildman–Crippen MR) is 221 cm³/mol. The largest absolute Gasteiger partial charge is 0.507 e. The highest BCUT2D eigenvalue weighted by Crippen LogP contribution is 2.65. The first-order valence-corrected chi connectivity index (χ1v) is 20.2. The molecule has 17 heteroatoms. The molecule has 2 saturated heterocycles. The summed E-state index contributed by atoms with van der Waals surface area (Å²) >= 11 is 19.1. The minimum Gasteiger partial charge on any atom is -0.507 e. The summed E-state index contributed by atoms with van der Waals surface area (Å²) in [5.74, 6) is -7.71. The summed E-state index contributed by atoms with van der Waals surface area (Å²) < 4.78 is 46.9. The number of aromatic hydroxyl groups is 1. The number of phenols is 1. The first-order valence-electron chi connectivity index (χ1n) is 19.1. The Kier molecular flexibility index (Phi) is 9.76. The highest BCUT2D eigenvalue weighted by atomic mass is 35.5. The van der Waals surface area contributed by atoms with Gasteiger partial charge >= 0.3 is 6.18 Å². The number of hydrogen-bond acceptors (Lipinski definition) is 9. The van der Waals surface area contributed by atoms with E-state index in [1.807, 2.05) is 6.08 Å². The van der Waals surface area contributed by atoms with Crippen LogP contribution >= 0.6 is 34.8 Å². The SMILES string of the molecule is COc1ccc([C@@]23C(=O)N(Nc4ccc(Cl)cc4Cl)C(=O)[C@@H]2C[C@@H]2C(=CC[C@@H]4C(=O)N(N(C)c5nc(C(F)(F)F)ccc5Cl)C(=O)[C@@H]42)[C@@H]3c2ccc(O)c3ccccc23)cc1. The minimum atomic E-state index is -4.84. The third kappa shape index (κ3) is 6.12. The minimum absolute atomic E-state index is 0.0222. The van der Waals surface area contributed by atoms with Crippen molar-refractivity contribution in [2.24, 2.45) is 23.7 Å². The molecule has 2 N–H and O–H groups in total. The number of rotatable bonds is 7. The van der Waals surface area contributed by atoms with Gasteiger partial charge < -0.3 is 9.84 Å². The van der Waals surface area contributed by atoms with Crippen LogP contribution < -0.4 is 15.2 Å². The van der Waals surface area contributed by atoms with Gasteiger partial charge in [-0.15, -0.1) is 0 Å². The van der Waals surface area contributed by atoms with E-state index in [0.717, 1.165) is 21.1 Å². The molecule has 312 valence electrons. The van der Waals surface area contributed by atoms with Gasteiger partial charge in [0, 0.05) is 23.4 Å². The molecule has 2 aliphatic carbocycles. The number of nitrogens with zero attached hydrogens (tertiary/aromatic N) is 4. The number of fused-ring (bicyclic) bond motifs is 5. The maximum atomic E-state index is 15.7. The van der Waals surface area contributed by atoms with Crippen molar-refractivity contribution >= 4 is 80.7 Å². The molecule has 61 heavy (non-hydrogen) atoms. The van der Waals surface area contributed by atoms with Crippen molar-refractivity contribution in [1.29, 1.82) is 0 Å². The number of imide groups is 2. The Bertz CT molecular complexity index is 2730. The van der Waals surface area contributed by atoms with E-state index in [0.29, 0.717) is 44.3 Å². The van der Waals surface area contributed by atoms with Crippen LogP contribution in [0.3, 0.4) is 0 Å². The molecule has 4 aromatic carbocycles. The highest BCUT2D eigenvalue weighted by Gasteiger charge is 2.70. The Morgan fingerprint density at radius 2 is 1.59 bits per heavy atom. The van der Waals surface area contributed by atoms with E-state index in [-0.39, 0.29) is 34.3 Å². The van der Waals surface area contributed by atoms with E-state index < -0.39 is 76.3 Å². The molecule has 11 nitrogen and oxygen atoms in total. The number of halogens is 6. The number of carbonyl (C=O) groups excluding carboxylic acids is 4. The number of aromatic nitrogens is 1. The smallest absolute Gasteiger partial charge is 0.433 e. The molecule has 4 aliphatic rings. The number of benzene rings is 4. The lowest BCUT2D eigenvalue weighted by atomic mass is 9.49. The second kappa shape index (κ2) is 14.7. The summed E-state index contributed by atoms with van der Waals surface area (Å²) in [5.41, 5.74) is 1.86. The Hall–Kier alpha value is -5.83. The summed E-state index contributed by atoms with van der Waals surface area (Å²) in [4.78, 5) is 63.7. The van der Waals surface area contributed by atoms with Gasteiger partial charge in [0.1, 0.15) is 17.2 Å². The van der Waals surface area contributed by atoms with Gasteiger partial charge in [-0.05, 0) is 83.8 Å². The average Bonchev–Trinajstić information content (AvgIpc) is 3.62. The number of allylic oxidation sites excluding steroid dienone is 2. The van der Waals surface area contributed by atoms with E-state index in [2.05, 4.69) is 10.4 Å². The Balaban J connectivity index is 1.24. The summed E-state index contributed by atoms with van der Waals surface area (Å²) in [6.07, 6.45) is -3.06. The van der Waals surface area contributed by atoms with Crippen LogP contribution in [0, 0.1) is 23.7 Å². The van der Waals surface area contributed by atoms with E-state index in [4.69, 9.17) is 39.5 Å². The van der Waals surface area contributed by atoms with Crippen LogP contribution in [0.15, 0.2) is 103 Å². The van der Waals surface area contributed by atoms with E-state index in [1.54, 1.807) is 60.7 Å². The number of anilines is 2. The van der Waals surface area contributed by atoms with Gasteiger partial charge in [0.15, 0.2) is 5.82 Å². The van der Waals surface area contributed by atoms with Crippen molar-refractivity contribution in [3.05, 3.63) is 135 Å². The number of carbonyl (C=O) groups is 4. The third-order valence-electron chi connectivity index (χ3n) is 12.5. The lowest BCUT2D eigenvalue weighted by Crippen LogP contribution is -2.53. The molecule has 6 atom stereocenters. The van der Waals surface area contributed by atoms with Crippen molar-refractivity contribution < 1.29 is 42.2 Å². The highest BCUT2D eigenvalue weighted by molar-refractivity contribution is 6.36. The molecule has 0 unspecified atom stereocenters. The molecule has 3 heterocycles. The van der Waals surface area contributed by atoms with Crippen LogP contribution in [0.4, 0.5) is 24.7 Å². The predicted octanol–water partition coefficient (Wildman–Crippen LogP) is 8.96. The number of hydrogen-bond donors (Lipinski definition) is 2. The number of methoxy groups -OCH3 is 1. The fourth-order valence-corrected chi connectivity index (χ4v) is 10.6. The van der Waals surface area contributed by atoms with Crippen LogP contribution in [0.5, 0.6) is 11.5 Å². The van der Waals surface area contributed by atoms with Crippen molar-refractivity contribution in [1.82, 2.24) is 15.0 Å². The molecule has 0 bridgehead atoms. The molecule has 1 aromatic heterocycles. The number of alkyl halides is 3. The summed E-state index contributed by atoms with van der Waals surface area (Å²) in [7, 11) is 2.74. The number of ether oxygens (including phenoxy) is 1. The van der Waals surface area contributed by atoms with Gasteiger partial charge in [-0.3, -0.25) is 29.6 Å². The number of nitrogens with one attached hydrogen (secondary N) is 1. The zero-order valence-electron chi connectivity index (χ0n) is 32.1. The molecule has 5 aromatic rings. The molecule has 4 amide bonds. The van der Waals surface area contributed by atoms with Crippen LogP contribution in [-0.2, 0) is 30.8 Å². The third-order valence-corrected chi connectivity index (χ3v) is 13.4. The quantitative estimate of drug-likeness (QED) is 0.121. The maximum Gasteiger partial charge on any atom is 0.433 e. The summed E-state index contributed by atoms with van der Waals surface area (Å²) in [6, 6.07) is 23.4. The van der Waals surface area contributed by atoms with E-state index in [1.165, 1.54) is 32.4 Å². The molecule has 2 aliphatic heterocycles. The fraction of sp³-hybridized carbons (Fsp3) is 0.250. The topological polar surface area (TPSA) is 132 Å². The van der Waals surface area contributed by atoms with Gasteiger partial charge in [0.25, 0.3) is 23.6 Å². The molecule has 0 spiro atoms. The second-order valence-electron chi connectivity index (χ2n) is 15.4. The lowest BCUT2D eigenvalue weighted by molar-refractivity contribution is -0.142. The van der Waals surface area contributed by atoms with Gasteiger partial charge in [-0.25, -0.2) is 4.98 Å². The summed E-state index contributed by atoms with van der Waals surface area (Å²) in [6.45, 7) is 0. The van der Waals surface area contributed by atoms with Crippen molar-refractivity contribution in [3.63, 3.8) is 0 Å². The zero-order chi connectivity index (χ0) is 43.3. The first-order chi connectivity index (χ1) is 29.1. The van der Waals surface area contributed by atoms with E-state index >= 15 is 9.59 Å².